The molecule has 0 spiro atoms. The largest absolute Gasteiger partial charge is 0.271 e. The number of rotatable bonds is 0. The lowest BCUT2D eigenvalue weighted by Crippen LogP contribution is -2.44. The molecule has 0 aliphatic carbocycles. The molecule has 0 amide bonds. The van der Waals surface area contributed by atoms with E-state index >= 15 is 0 Å². The first-order chi connectivity index (χ1) is 4.61. The van der Waals surface area contributed by atoms with Crippen LogP contribution in [0.1, 0.15) is 20.8 Å². The number of nitrogens with zero attached hydrogens (tertiary/aromatic N) is 3. The molecule has 0 aromatic rings. The van der Waals surface area contributed by atoms with Crippen LogP contribution in [0.3, 0.4) is 0 Å². The molecule has 4 nitrogen and oxygen atoms in total. The standard InChI is InChI=1S/C6H12N4/c1-6(2,3)10-5-4-7-8-9-10/h4-5H,1-3H3,(H,7,9). The molecule has 1 aliphatic rings. The summed E-state index contributed by atoms with van der Waals surface area (Å²) in [5.74, 6) is 0. The quantitative estimate of drug-likeness (QED) is 0.553. The second-order valence-corrected chi connectivity index (χ2v) is 3.15. The fourth-order valence-corrected chi connectivity index (χ4v) is 0.611. The highest BCUT2D eigenvalue weighted by Crippen LogP contribution is 2.11. The molecule has 0 saturated heterocycles. The molecule has 0 saturated carbocycles. The third-order valence-electron chi connectivity index (χ3n) is 1.22. The summed E-state index contributed by atoms with van der Waals surface area (Å²) in [6, 6.07) is 0. The van der Waals surface area contributed by atoms with Crippen molar-refractivity contribution in [3.8, 4) is 0 Å². The summed E-state index contributed by atoms with van der Waals surface area (Å²) in [4.78, 5) is 0. The minimum atomic E-state index is 0.0515. The second kappa shape index (κ2) is 2.28. The summed E-state index contributed by atoms with van der Waals surface area (Å²) in [5.41, 5.74) is 2.82. The zero-order valence-electron chi connectivity index (χ0n) is 6.50. The molecule has 1 aliphatic heterocycles. The molecule has 0 aromatic carbocycles. The number of nitrogens with one attached hydrogen (secondary N) is 1. The minimum Gasteiger partial charge on any atom is -0.271 e. The molecular formula is C6H12N4. The van der Waals surface area contributed by atoms with Crippen LogP contribution in [0.2, 0.25) is 0 Å². The molecule has 4 heteroatoms. The van der Waals surface area contributed by atoms with E-state index in [-0.39, 0.29) is 5.54 Å². The van der Waals surface area contributed by atoms with E-state index in [4.69, 9.17) is 0 Å². The predicted octanol–water partition coefficient (Wildman–Crippen LogP) is 1.44. The molecule has 0 bridgehead atoms. The Morgan fingerprint density at radius 3 is 2.40 bits per heavy atom. The van der Waals surface area contributed by atoms with E-state index in [0.717, 1.165) is 0 Å². The van der Waals surface area contributed by atoms with Gasteiger partial charge in [-0.15, -0.1) is 5.11 Å². The monoisotopic (exact) mass is 140 g/mol. The number of hydrogen-bond acceptors (Lipinski definition) is 4. The maximum atomic E-state index is 3.64. The molecule has 1 heterocycles. The fraction of sp³-hybridized carbons (Fsp3) is 0.667. The Morgan fingerprint density at radius 1 is 1.40 bits per heavy atom. The smallest absolute Gasteiger partial charge is 0.0692 e. The van der Waals surface area contributed by atoms with Gasteiger partial charge in [-0.2, -0.15) is 5.53 Å². The maximum absolute atomic E-state index is 3.64. The van der Waals surface area contributed by atoms with Gasteiger partial charge in [0.25, 0.3) is 0 Å². The molecule has 0 unspecified atom stereocenters. The van der Waals surface area contributed by atoms with Crippen molar-refractivity contribution in [3.63, 3.8) is 0 Å². The summed E-state index contributed by atoms with van der Waals surface area (Å²) < 4.78 is 0. The molecule has 0 atom stereocenters. The van der Waals surface area contributed by atoms with Gasteiger partial charge in [0.15, 0.2) is 0 Å². The van der Waals surface area contributed by atoms with Gasteiger partial charge < -0.3 is 0 Å². The van der Waals surface area contributed by atoms with E-state index < -0.39 is 0 Å². The zero-order valence-corrected chi connectivity index (χ0v) is 6.50. The van der Waals surface area contributed by atoms with Crippen LogP contribution in [0.25, 0.3) is 0 Å². The van der Waals surface area contributed by atoms with Crippen molar-refractivity contribution >= 4 is 0 Å². The Balaban J connectivity index is 2.60. The molecule has 1 N–H and O–H groups in total. The first-order valence-electron chi connectivity index (χ1n) is 3.22. The van der Waals surface area contributed by atoms with Crippen molar-refractivity contribution < 1.29 is 0 Å². The average molecular weight is 140 g/mol. The second-order valence-electron chi connectivity index (χ2n) is 3.15. The average Bonchev–Trinajstić information content (AvgIpc) is 1.88. The van der Waals surface area contributed by atoms with Gasteiger partial charge in [-0.25, -0.2) is 0 Å². The highest BCUT2D eigenvalue weighted by atomic mass is 15.7. The van der Waals surface area contributed by atoms with E-state index in [1.54, 1.807) is 6.20 Å². The SMILES string of the molecule is CC(C)(C)N1C=CN=NN1. The third-order valence-corrected chi connectivity index (χ3v) is 1.22. The lowest BCUT2D eigenvalue weighted by atomic mass is 10.1. The van der Waals surface area contributed by atoms with Crippen molar-refractivity contribution in [2.75, 3.05) is 0 Å². The van der Waals surface area contributed by atoms with Crippen LogP contribution in [0.15, 0.2) is 22.7 Å². The zero-order chi connectivity index (χ0) is 7.61. The van der Waals surface area contributed by atoms with Crippen LogP contribution in [-0.4, -0.2) is 10.5 Å². The van der Waals surface area contributed by atoms with Crippen LogP contribution in [0, 0.1) is 0 Å². The first-order valence-corrected chi connectivity index (χ1v) is 3.22. The molecule has 10 heavy (non-hydrogen) atoms. The molecule has 0 fully saturated rings. The Hall–Kier alpha value is -1.06. The Labute approximate surface area is 60.6 Å². The third kappa shape index (κ3) is 1.46. The topological polar surface area (TPSA) is 40.0 Å². The Kier molecular flexibility index (Phi) is 1.61. The van der Waals surface area contributed by atoms with Crippen LogP contribution in [-0.2, 0) is 0 Å². The van der Waals surface area contributed by atoms with Crippen LogP contribution in [0.4, 0.5) is 0 Å². The van der Waals surface area contributed by atoms with Crippen molar-refractivity contribution in [1.82, 2.24) is 10.5 Å². The number of hydrazine groups is 1. The summed E-state index contributed by atoms with van der Waals surface area (Å²) >= 11 is 0. The first kappa shape index (κ1) is 7.05. The van der Waals surface area contributed by atoms with Gasteiger partial charge in [0.2, 0.25) is 0 Å². The molecule has 1 rings (SSSR count). The lowest BCUT2D eigenvalue weighted by Gasteiger charge is -2.33. The Bertz CT molecular complexity index is 165. The number of hydrogen-bond donors (Lipinski definition) is 1. The van der Waals surface area contributed by atoms with Crippen molar-refractivity contribution in [2.24, 2.45) is 10.3 Å². The van der Waals surface area contributed by atoms with Gasteiger partial charge in [-0.05, 0) is 20.8 Å². The van der Waals surface area contributed by atoms with E-state index in [1.165, 1.54) is 0 Å². The molecular weight excluding hydrogens is 128 g/mol. The van der Waals surface area contributed by atoms with Crippen molar-refractivity contribution in [2.45, 2.75) is 26.3 Å². The minimum absolute atomic E-state index is 0.0515. The summed E-state index contributed by atoms with van der Waals surface area (Å²) in [6.45, 7) is 6.27. The highest BCUT2D eigenvalue weighted by Gasteiger charge is 2.18. The molecule has 0 radical (unpaired) electrons. The summed E-state index contributed by atoms with van der Waals surface area (Å²) in [6.07, 6.45) is 3.51. The lowest BCUT2D eigenvalue weighted by molar-refractivity contribution is 0.128. The van der Waals surface area contributed by atoms with E-state index in [2.05, 4.69) is 36.6 Å². The maximum Gasteiger partial charge on any atom is 0.0692 e. The van der Waals surface area contributed by atoms with Gasteiger partial charge in [0, 0.05) is 6.20 Å². The van der Waals surface area contributed by atoms with Crippen LogP contribution in [0.5, 0.6) is 0 Å². The van der Waals surface area contributed by atoms with Gasteiger partial charge in [0.05, 0.1) is 11.7 Å². The van der Waals surface area contributed by atoms with Gasteiger partial charge in [-0.3, -0.25) is 5.01 Å². The predicted molar refractivity (Wildman–Crippen MR) is 38.7 cm³/mol. The van der Waals surface area contributed by atoms with E-state index in [0.29, 0.717) is 0 Å². The Morgan fingerprint density at radius 2 is 2.10 bits per heavy atom. The van der Waals surface area contributed by atoms with Crippen molar-refractivity contribution in [3.05, 3.63) is 12.4 Å². The normalized spacial score (nSPS) is 17.3. The fourth-order valence-electron chi connectivity index (χ4n) is 0.611. The van der Waals surface area contributed by atoms with Gasteiger partial charge in [-0.1, -0.05) is 5.22 Å². The molecule has 0 aromatic heterocycles. The van der Waals surface area contributed by atoms with E-state index in [1.807, 2.05) is 11.2 Å². The van der Waals surface area contributed by atoms with E-state index in [9.17, 15) is 0 Å². The summed E-state index contributed by atoms with van der Waals surface area (Å²) in [7, 11) is 0. The molecule has 56 valence electrons. The van der Waals surface area contributed by atoms with Gasteiger partial charge in [0.1, 0.15) is 0 Å². The van der Waals surface area contributed by atoms with Crippen molar-refractivity contribution in [1.29, 1.82) is 0 Å². The van der Waals surface area contributed by atoms with Crippen LogP contribution < -0.4 is 5.53 Å². The highest BCUT2D eigenvalue weighted by molar-refractivity contribution is 4.86. The van der Waals surface area contributed by atoms with Crippen LogP contribution >= 0.6 is 0 Å². The van der Waals surface area contributed by atoms with Gasteiger partial charge >= 0.3 is 0 Å². The summed E-state index contributed by atoms with van der Waals surface area (Å²) in [5, 5.41) is 9.16.